The molecule has 19 heavy (non-hydrogen) atoms. The van der Waals surface area contributed by atoms with Crippen molar-refractivity contribution in [2.75, 3.05) is 6.54 Å². The Bertz CT molecular complexity index is 557. The number of carbonyl (C=O) groups is 1. The van der Waals surface area contributed by atoms with Gasteiger partial charge in [-0.2, -0.15) is 0 Å². The Kier molecular flexibility index (Phi) is 4.93. The van der Waals surface area contributed by atoms with Crippen LogP contribution in [0.25, 0.3) is 0 Å². The maximum Gasteiger partial charge on any atom is 0.252 e. The summed E-state index contributed by atoms with van der Waals surface area (Å²) in [5, 5.41) is 12.7. The molecule has 2 N–H and O–H groups in total. The van der Waals surface area contributed by atoms with Crippen LogP contribution in [0.5, 0.6) is 0 Å². The van der Waals surface area contributed by atoms with Gasteiger partial charge in [0.05, 0.1) is 11.7 Å². The monoisotopic (exact) mass is 367 g/mol. The third-order valence-electron chi connectivity index (χ3n) is 2.76. The average molecular weight is 367 g/mol. The number of amides is 1. The number of aliphatic hydroxyl groups excluding tert-OH is 1. The minimum atomic E-state index is -0.688. The van der Waals surface area contributed by atoms with Crippen LogP contribution in [0.15, 0.2) is 54.6 Å². The first-order valence-corrected chi connectivity index (χ1v) is 7.02. The van der Waals surface area contributed by atoms with Crippen LogP contribution in [0.4, 0.5) is 0 Å². The molecule has 2 aromatic rings. The molecule has 1 unspecified atom stereocenters. The van der Waals surface area contributed by atoms with Gasteiger partial charge in [0.15, 0.2) is 0 Å². The first-order valence-electron chi connectivity index (χ1n) is 5.94. The Balaban J connectivity index is 1.96. The predicted molar refractivity (Wildman–Crippen MR) is 82.9 cm³/mol. The zero-order chi connectivity index (χ0) is 13.7. The number of halogens is 1. The first-order chi connectivity index (χ1) is 9.18. The number of hydrogen-bond acceptors (Lipinski definition) is 2. The molecule has 4 heteroatoms. The van der Waals surface area contributed by atoms with Crippen LogP contribution in [-0.2, 0) is 0 Å². The van der Waals surface area contributed by atoms with E-state index in [1.807, 2.05) is 48.5 Å². The second-order valence-corrected chi connectivity index (χ2v) is 5.28. The van der Waals surface area contributed by atoms with Crippen molar-refractivity contribution >= 4 is 28.5 Å². The van der Waals surface area contributed by atoms with Crippen LogP contribution in [0, 0.1) is 3.57 Å². The molecule has 0 saturated heterocycles. The minimum absolute atomic E-state index is 0.167. The molecule has 0 spiro atoms. The smallest absolute Gasteiger partial charge is 0.252 e. The van der Waals surface area contributed by atoms with Gasteiger partial charge < -0.3 is 10.4 Å². The first kappa shape index (κ1) is 14.0. The van der Waals surface area contributed by atoms with Gasteiger partial charge >= 0.3 is 0 Å². The molecule has 0 saturated carbocycles. The highest BCUT2D eigenvalue weighted by molar-refractivity contribution is 14.1. The van der Waals surface area contributed by atoms with E-state index in [0.29, 0.717) is 5.56 Å². The minimum Gasteiger partial charge on any atom is -0.387 e. The maximum absolute atomic E-state index is 12.0. The van der Waals surface area contributed by atoms with E-state index in [1.54, 1.807) is 6.07 Å². The molecule has 0 aromatic heterocycles. The summed E-state index contributed by atoms with van der Waals surface area (Å²) >= 11 is 2.12. The van der Waals surface area contributed by atoms with Gasteiger partial charge in [-0.05, 0) is 40.3 Å². The number of benzene rings is 2. The molecule has 3 nitrogen and oxygen atoms in total. The van der Waals surface area contributed by atoms with E-state index in [0.717, 1.165) is 9.13 Å². The third-order valence-corrected chi connectivity index (χ3v) is 3.70. The van der Waals surface area contributed by atoms with Gasteiger partial charge in [-0.1, -0.05) is 42.5 Å². The summed E-state index contributed by atoms with van der Waals surface area (Å²) in [6.07, 6.45) is -0.688. The molecule has 0 aliphatic heterocycles. The van der Waals surface area contributed by atoms with Gasteiger partial charge in [-0.15, -0.1) is 0 Å². The lowest BCUT2D eigenvalue weighted by Gasteiger charge is -2.12. The van der Waals surface area contributed by atoms with E-state index in [1.165, 1.54) is 0 Å². The lowest BCUT2D eigenvalue weighted by Crippen LogP contribution is -2.28. The summed E-state index contributed by atoms with van der Waals surface area (Å²) in [4.78, 5) is 12.0. The Labute approximate surface area is 125 Å². The molecular weight excluding hydrogens is 353 g/mol. The van der Waals surface area contributed by atoms with Gasteiger partial charge in [0.25, 0.3) is 5.91 Å². The molecule has 0 aliphatic rings. The molecular formula is C15H14INO2. The fourth-order valence-corrected chi connectivity index (χ4v) is 2.36. The number of hydrogen-bond donors (Lipinski definition) is 2. The maximum atomic E-state index is 12.0. The average Bonchev–Trinajstić information content (AvgIpc) is 2.46. The van der Waals surface area contributed by atoms with Crippen molar-refractivity contribution in [3.05, 3.63) is 69.3 Å². The second kappa shape index (κ2) is 6.68. The third kappa shape index (κ3) is 3.78. The largest absolute Gasteiger partial charge is 0.387 e. The van der Waals surface area contributed by atoms with Gasteiger partial charge in [-0.3, -0.25) is 4.79 Å². The van der Waals surface area contributed by atoms with Gasteiger partial charge in [0.2, 0.25) is 0 Å². The Morgan fingerprint density at radius 2 is 1.74 bits per heavy atom. The van der Waals surface area contributed by atoms with Crippen LogP contribution in [0.3, 0.4) is 0 Å². The van der Waals surface area contributed by atoms with E-state index >= 15 is 0 Å². The van der Waals surface area contributed by atoms with Crippen molar-refractivity contribution in [3.63, 3.8) is 0 Å². The summed E-state index contributed by atoms with van der Waals surface area (Å²) < 4.78 is 0.895. The van der Waals surface area contributed by atoms with Crippen LogP contribution < -0.4 is 5.32 Å². The van der Waals surface area contributed by atoms with Crippen molar-refractivity contribution in [1.29, 1.82) is 0 Å². The SMILES string of the molecule is O=C(NCC(O)c1ccccc1)c1ccccc1I. The predicted octanol–water partition coefficient (Wildman–Crippen LogP) is 2.75. The quantitative estimate of drug-likeness (QED) is 0.817. The Hall–Kier alpha value is -1.40. The topological polar surface area (TPSA) is 49.3 Å². The van der Waals surface area contributed by atoms with Crippen LogP contribution in [-0.4, -0.2) is 17.6 Å². The van der Waals surface area contributed by atoms with E-state index < -0.39 is 6.10 Å². The van der Waals surface area contributed by atoms with Gasteiger partial charge in [0, 0.05) is 10.1 Å². The normalized spacial score (nSPS) is 11.9. The molecule has 0 radical (unpaired) electrons. The molecule has 0 aliphatic carbocycles. The van der Waals surface area contributed by atoms with Crippen molar-refractivity contribution in [2.45, 2.75) is 6.10 Å². The number of nitrogens with one attached hydrogen (secondary N) is 1. The van der Waals surface area contributed by atoms with Crippen LogP contribution in [0.1, 0.15) is 22.0 Å². The fourth-order valence-electron chi connectivity index (χ4n) is 1.72. The summed E-state index contributed by atoms with van der Waals surface area (Å²) in [7, 11) is 0. The fraction of sp³-hybridized carbons (Fsp3) is 0.133. The lowest BCUT2D eigenvalue weighted by molar-refractivity contribution is 0.0915. The molecule has 0 fully saturated rings. The van der Waals surface area contributed by atoms with Gasteiger partial charge in [0.1, 0.15) is 0 Å². The van der Waals surface area contributed by atoms with E-state index in [2.05, 4.69) is 27.9 Å². The molecule has 0 bridgehead atoms. The van der Waals surface area contributed by atoms with Crippen molar-refractivity contribution < 1.29 is 9.90 Å². The van der Waals surface area contributed by atoms with Crippen LogP contribution in [0.2, 0.25) is 0 Å². The van der Waals surface area contributed by atoms with E-state index in [-0.39, 0.29) is 12.5 Å². The Morgan fingerprint density at radius 1 is 1.11 bits per heavy atom. The van der Waals surface area contributed by atoms with E-state index in [4.69, 9.17) is 0 Å². The summed E-state index contributed by atoms with van der Waals surface area (Å²) in [6, 6.07) is 16.6. The zero-order valence-corrected chi connectivity index (χ0v) is 12.4. The van der Waals surface area contributed by atoms with Crippen molar-refractivity contribution in [3.8, 4) is 0 Å². The standard InChI is InChI=1S/C15H14INO2/c16-13-9-5-4-8-12(13)15(19)17-10-14(18)11-6-2-1-3-7-11/h1-9,14,18H,10H2,(H,17,19). The number of rotatable bonds is 4. The van der Waals surface area contributed by atoms with Crippen molar-refractivity contribution in [2.24, 2.45) is 0 Å². The van der Waals surface area contributed by atoms with Crippen LogP contribution >= 0.6 is 22.6 Å². The highest BCUT2D eigenvalue weighted by Crippen LogP contribution is 2.13. The number of carbonyl (C=O) groups excluding carboxylic acids is 1. The second-order valence-electron chi connectivity index (χ2n) is 4.12. The molecule has 1 amide bonds. The van der Waals surface area contributed by atoms with E-state index in [9.17, 15) is 9.90 Å². The molecule has 2 aromatic carbocycles. The molecule has 98 valence electrons. The number of aliphatic hydroxyl groups is 1. The highest BCUT2D eigenvalue weighted by Gasteiger charge is 2.12. The summed E-state index contributed by atoms with van der Waals surface area (Å²) in [5.41, 5.74) is 1.42. The molecule has 0 heterocycles. The highest BCUT2D eigenvalue weighted by atomic mass is 127. The lowest BCUT2D eigenvalue weighted by atomic mass is 10.1. The summed E-state index contributed by atoms with van der Waals surface area (Å²) in [5.74, 6) is -0.167. The van der Waals surface area contributed by atoms with Crippen molar-refractivity contribution in [1.82, 2.24) is 5.32 Å². The van der Waals surface area contributed by atoms with Gasteiger partial charge in [-0.25, -0.2) is 0 Å². The molecule has 2 rings (SSSR count). The summed E-state index contributed by atoms with van der Waals surface area (Å²) in [6.45, 7) is 0.202. The molecule has 1 atom stereocenters. The zero-order valence-electron chi connectivity index (χ0n) is 10.2. The Morgan fingerprint density at radius 3 is 2.42 bits per heavy atom.